The zero-order valence-electron chi connectivity index (χ0n) is 15.2. The Labute approximate surface area is 154 Å². The van der Waals surface area contributed by atoms with Crippen LogP contribution >= 0.6 is 0 Å². The molecule has 0 unspecified atom stereocenters. The highest BCUT2D eigenvalue weighted by molar-refractivity contribution is 5.58. The van der Waals surface area contributed by atoms with E-state index in [1.165, 1.54) is 5.56 Å². The number of hydrogen-bond donors (Lipinski definition) is 2. The van der Waals surface area contributed by atoms with Gasteiger partial charge in [-0.3, -0.25) is 0 Å². The Kier molecular flexibility index (Phi) is 6.10. The minimum absolute atomic E-state index is 0.453. The van der Waals surface area contributed by atoms with Gasteiger partial charge in [0, 0.05) is 5.56 Å². The molecular weight excluding hydrogens is 326 g/mol. The molecule has 3 rings (SSSR count). The normalized spacial score (nSPS) is 12.1. The van der Waals surface area contributed by atoms with Crippen molar-refractivity contribution in [1.29, 1.82) is 0 Å². The minimum Gasteiger partial charge on any atom is -0.497 e. The molecule has 1 aromatic heterocycles. The Bertz CT molecular complexity index is 804. The van der Waals surface area contributed by atoms with Crippen molar-refractivity contribution >= 4 is 0 Å². The molecule has 0 amide bonds. The number of nitrogens with one attached hydrogen (secondary N) is 1. The molecular formula is C22H25NO3. The summed E-state index contributed by atoms with van der Waals surface area (Å²) in [5.74, 6) is 2.63. The van der Waals surface area contributed by atoms with E-state index in [0.717, 1.165) is 41.4 Å². The molecule has 0 bridgehead atoms. The molecule has 0 saturated carbocycles. The molecule has 0 spiro atoms. The van der Waals surface area contributed by atoms with E-state index < -0.39 is 6.10 Å². The number of aliphatic hydroxyl groups is 1. The van der Waals surface area contributed by atoms with Crippen LogP contribution in [0.2, 0.25) is 0 Å². The maximum absolute atomic E-state index is 9.58. The number of rotatable bonds is 8. The monoisotopic (exact) mass is 351 g/mol. The van der Waals surface area contributed by atoms with Crippen LogP contribution in [0.3, 0.4) is 0 Å². The molecule has 0 aliphatic heterocycles. The van der Waals surface area contributed by atoms with Crippen molar-refractivity contribution < 1.29 is 14.3 Å². The second kappa shape index (κ2) is 8.70. The molecule has 1 heterocycles. The SMILES string of the molecule is COc1ccc(CCNCc2ccc(-c3ccc([C@@H](C)O)cc3)o2)cc1. The van der Waals surface area contributed by atoms with Crippen molar-refractivity contribution in [1.82, 2.24) is 5.32 Å². The molecule has 0 radical (unpaired) electrons. The fourth-order valence-corrected chi connectivity index (χ4v) is 2.79. The van der Waals surface area contributed by atoms with E-state index >= 15 is 0 Å². The van der Waals surface area contributed by atoms with Gasteiger partial charge in [-0.25, -0.2) is 0 Å². The fourth-order valence-electron chi connectivity index (χ4n) is 2.79. The Balaban J connectivity index is 1.48. The summed E-state index contributed by atoms with van der Waals surface area (Å²) in [5, 5.41) is 13.0. The van der Waals surface area contributed by atoms with Crippen molar-refractivity contribution in [3.8, 4) is 17.1 Å². The van der Waals surface area contributed by atoms with Crippen molar-refractivity contribution in [3.63, 3.8) is 0 Å². The second-order valence-electron chi connectivity index (χ2n) is 6.34. The van der Waals surface area contributed by atoms with E-state index in [0.29, 0.717) is 6.54 Å². The highest BCUT2D eigenvalue weighted by Crippen LogP contribution is 2.24. The van der Waals surface area contributed by atoms with Gasteiger partial charge in [-0.2, -0.15) is 0 Å². The van der Waals surface area contributed by atoms with Gasteiger partial charge in [0.25, 0.3) is 0 Å². The van der Waals surface area contributed by atoms with E-state index in [9.17, 15) is 5.11 Å². The van der Waals surface area contributed by atoms with Gasteiger partial charge in [0.05, 0.1) is 19.8 Å². The van der Waals surface area contributed by atoms with Gasteiger partial charge in [-0.1, -0.05) is 36.4 Å². The van der Waals surface area contributed by atoms with E-state index in [1.807, 2.05) is 48.5 Å². The lowest BCUT2D eigenvalue weighted by atomic mass is 10.1. The largest absolute Gasteiger partial charge is 0.497 e. The smallest absolute Gasteiger partial charge is 0.134 e. The van der Waals surface area contributed by atoms with Crippen LogP contribution in [-0.2, 0) is 13.0 Å². The van der Waals surface area contributed by atoms with Crippen LogP contribution in [0.1, 0.15) is 29.9 Å². The average molecular weight is 351 g/mol. The van der Waals surface area contributed by atoms with E-state index in [1.54, 1.807) is 14.0 Å². The third kappa shape index (κ3) is 4.75. The quantitative estimate of drug-likeness (QED) is 0.593. The third-order valence-electron chi connectivity index (χ3n) is 4.39. The van der Waals surface area contributed by atoms with E-state index in [4.69, 9.17) is 9.15 Å². The first-order valence-corrected chi connectivity index (χ1v) is 8.86. The molecule has 136 valence electrons. The summed E-state index contributed by atoms with van der Waals surface area (Å²) < 4.78 is 11.1. The molecule has 26 heavy (non-hydrogen) atoms. The summed E-state index contributed by atoms with van der Waals surface area (Å²) in [6, 6.07) is 19.9. The minimum atomic E-state index is -0.453. The van der Waals surface area contributed by atoms with E-state index in [2.05, 4.69) is 17.4 Å². The number of furan rings is 1. The summed E-state index contributed by atoms with van der Waals surface area (Å²) >= 11 is 0. The van der Waals surface area contributed by atoms with Gasteiger partial charge in [0.2, 0.25) is 0 Å². The molecule has 3 aromatic rings. The topological polar surface area (TPSA) is 54.6 Å². The molecule has 4 heteroatoms. The molecule has 4 nitrogen and oxygen atoms in total. The van der Waals surface area contributed by atoms with Crippen LogP contribution in [0, 0.1) is 0 Å². The highest BCUT2D eigenvalue weighted by Gasteiger charge is 2.06. The highest BCUT2D eigenvalue weighted by atomic mass is 16.5. The number of methoxy groups -OCH3 is 1. The fraction of sp³-hybridized carbons (Fsp3) is 0.273. The summed E-state index contributed by atoms with van der Waals surface area (Å²) in [6.07, 6.45) is 0.504. The van der Waals surface area contributed by atoms with Gasteiger partial charge < -0.3 is 19.6 Å². The molecule has 0 aliphatic carbocycles. The molecule has 1 atom stereocenters. The lowest BCUT2D eigenvalue weighted by Gasteiger charge is -2.05. The standard InChI is InChI=1S/C22H25NO3/c1-16(24)18-5-7-19(8-6-18)22-12-11-21(26-22)15-23-14-13-17-3-9-20(25-2)10-4-17/h3-12,16,23-24H,13-15H2,1-2H3/t16-/m1/s1. The summed E-state index contributed by atoms with van der Waals surface area (Å²) in [6.45, 7) is 3.34. The zero-order valence-corrected chi connectivity index (χ0v) is 15.2. The molecule has 2 aromatic carbocycles. The van der Waals surface area contributed by atoms with Gasteiger partial charge >= 0.3 is 0 Å². The molecule has 0 fully saturated rings. The molecule has 0 saturated heterocycles. The average Bonchev–Trinajstić information content (AvgIpc) is 3.15. The van der Waals surface area contributed by atoms with Gasteiger partial charge in [0.1, 0.15) is 17.3 Å². The van der Waals surface area contributed by atoms with Crippen molar-refractivity contribution in [2.75, 3.05) is 13.7 Å². The van der Waals surface area contributed by atoms with Crippen LogP contribution in [0.5, 0.6) is 5.75 Å². The predicted octanol–water partition coefficient (Wildman–Crippen LogP) is 4.34. The summed E-state index contributed by atoms with van der Waals surface area (Å²) in [5.41, 5.74) is 3.19. The third-order valence-corrected chi connectivity index (χ3v) is 4.39. The Hall–Kier alpha value is -2.56. The Morgan fingerprint density at radius 3 is 2.38 bits per heavy atom. The number of ether oxygens (including phenoxy) is 1. The Morgan fingerprint density at radius 1 is 1.00 bits per heavy atom. The van der Waals surface area contributed by atoms with Crippen molar-refractivity contribution in [2.24, 2.45) is 0 Å². The molecule has 2 N–H and O–H groups in total. The van der Waals surface area contributed by atoms with Crippen molar-refractivity contribution in [2.45, 2.75) is 26.0 Å². The maximum Gasteiger partial charge on any atom is 0.134 e. The first kappa shape index (κ1) is 18.2. The van der Waals surface area contributed by atoms with Gasteiger partial charge in [-0.05, 0) is 55.3 Å². The number of aliphatic hydroxyl groups excluding tert-OH is 1. The van der Waals surface area contributed by atoms with Crippen molar-refractivity contribution in [3.05, 3.63) is 77.6 Å². The second-order valence-corrected chi connectivity index (χ2v) is 6.34. The Morgan fingerprint density at radius 2 is 1.73 bits per heavy atom. The lowest BCUT2D eigenvalue weighted by molar-refractivity contribution is 0.199. The predicted molar refractivity (Wildman–Crippen MR) is 103 cm³/mol. The first-order chi connectivity index (χ1) is 12.7. The lowest BCUT2D eigenvalue weighted by Crippen LogP contribution is -2.16. The van der Waals surface area contributed by atoms with Gasteiger partial charge in [0.15, 0.2) is 0 Å². The van der Waals surface area contributed by atoms with Crippen LogP contribution in [0.4, 0.5) is 0 Å². The van der Waals surface area contributed by atoms with Crippen LogP contribution in [0.25, 0.3) is 11.3 Å². The van der Waals surface area contributed by atoms with Crippen LogP contribution in [-0.4, -0.2) is 18.8 Å². The number of hydrogen-bond acceptors (Lipinski definition) is 4. The summed E-state index contributed by atoms with van der Waals surface area (Å²) in [4.78, 5) is 0. The first-order valence-electron chi connectivity index (χ1n) is 8.86. The van der Waals surface area contributed by atoms with Crippen LogP contribution in [0.15, 0.2) is 65.1 Å². The molecule has 0 aliphatic rings. The maximum atomic E-state index is 9.58. The van der Waals surface area contributed by atoms with Gasteiger partial charge in [-0.15, -0.1) is 0 Å². The number of benzene rings is 2. The van der Waals surface area contributed by atoms with Crippen LogP contribution < -0.4 is 10.1 Å². The van der Waals surface area contributed by atoms with E-state index in [-0.39, 0.29) is 0 Å². The zero-order chi connectivity index (χ0) is 18.4. The summed E-state index contributed by atoms with van der Waals surface area (Å²) in [7, 11) is 1.68.